The average Bonchev–Trinajstić information content (AvgIpc) is 2.31. The van der Waals surface area contributed by atoms with Gasteiger partial charge < -0.3 is 10.2 Å². The van der Waals surface area contributed by atoms with E-state index in [4.69, 9.17) is 5.11 Å². The van der Waals surface area contributed by atoms with Crippen molar-refractivity contribution in [2.45, 2.75) is 6.92 Å². The summed E-state index contributed by atoms with van der Waals surface area (Å²) in [5.41, 5.74) is -0.0265. The number of carbonyl (C=O) groups is 1. The summed E-state index contributed by atoms with van der Waals surface area (Å²) in [6.07, 6.45) is 0. The van der Waals surface area contributed by atoms with Crippen LogP contribution in [0.25, 0.3) is 0 Å². The summed E-state index contributed by atoms with van der Waals surface area (Å²) < 4.78 is 13.0. The van der Waals surface area contributed by atoms with Gasteiger partial charge in [0.25, 0.3) is 0 Å². The number of aliphatic hydroxyl groups is 1. The lowest BCUT2D eigenvalue weighted by Gasteiger charge is -2.18. The summed E-state index contributed by atoms with van der Waals surface area (Å²) in [6.45, 7) is 2.83. The van der Waals surface area contributed by atoms with Gasteiger partial charge in [0.15, 0.2) is 5.78 Å². The quantitative estimate of drug-likeness (QED) is 0.730. The molecule has 0 fully saturated rings. The van der Waals surface area contributed by atoms with Crippen molar-refractivity contribution in [1.29, 1.82) is 0 Å². The van der Waals surface area contributed by atoms with E-state index in [2.05, 4.69) is 0 Å². The summed E-state index contributed by atoms with van der Waals surface area (Å²) in [6, 6.07) is 3.27. The van der Waals surface area contributed by atoms with Crippen molar-refractivity contribution in [3.63, 3.8) is 0 Å². The molecule has 5 heteroatoms. The highest BCUT2D eigenvalue weighted by Gasteiger charge is 2.15. The molecule has 17 heavy (non-hydrogen) atoms. The normalized spacial score (nSPS) is 10.8. The van der Waals surface area contributed by atoms with Crippen LogP contribution in [0.4, 0.5) is 4.39 Å². The second-order valence-corrected chi connectivity index (χ2v) is 3.68. The fourth-order valence-electron chi connectivity index (χ4n) is 1.51. The van der Waals surface area contributed by atoms with E-state index in [1.807, 2.05) is 6.92 Å². The molecule has 0 aromatic heterocycles. The van der Waals surface area contributed by atoms with Crippen molar-refractivity contribution in [1.82, 2.24) is 4.90 Å². The molecule has 0 saturated carbocycles. The van der Waals surface area contributed by atoms with Gasteiger partial charge in [-0.05, 0) is 24.7 Å². The Hall–Kier alpha value is -1.46. The molecule has 94 valence electrons. The van der Waals surface area contributed by atoms with E-state index in [1.54, 1.807) is 4.90 Å². The van der Waals surface area contributed by atoms with Gasteiger partial charge in [-0.25, -0.2) is 4.39 Å². The van der Waals surface area contributed by atoms with Crippen molar-refractivity contribution < 1.29 is 19.4 Å². The van der Waals surface area contributed by atoms with E-state index in [0.29, 0.717) is 13.1 Å². The highest BCUT2D eigenvalue weighted by atomic mass is 19.1. The van der Waals surface area contributed by atoms with Crippen molar-refractivity contribution >= 4 is 5.78 Å². The number of aromatic hydroxyl groups is 1. The SMILES string of the molecule is CCN(CCO)CC(=O)c1cc(F)ccc1O. The Balaban J connectivity index is 2.78. The first-order chi connectivity index (χ1) is 8.08. The number of phenolic OH excluding ortho intramolecular Hbond substituents is 1. The molecule has 0 unspecified atom stereocenters. The number of carbonyl (C=O) groups excluding carboxylic acids is 1. The first kappa shape index (κ1) is 13.6. The number of Topliss-reactive ketones (excluding diaryl/α,β-unsaturated/α-hetero) is 1. The predicted octanol–water partition coefficient (Wildman–Crippen LogP) is 1.03. The van der Waals surface area contributed by atoms with Crippen LogP contribution in [-0.4, -0.2) is 47.1 Å². The van der Waals surface area contributed by atoms with E-state index in [-0.39, 0.29) is 30.2 Å². The minimum absolute atomic E-state index is 0.0265. The first-order valence-corrected chi connectivity index (χ1v) is 5.43. The Morgan fingerprint density at radius 1 is 1.47 bits per heavy atom. The molecule has 0 saturated heterocycles. The summed E-state index contributed by atoms with van der Waals surface area (Å²) in [4.78, 5) is 13.5. The molecule has 1 aromatic rings. The van der Waals surface area contributed by atoms with Crippen LogP contribution >= 0.6 is 0 Å². The largest absolute Gasteiger partial charge is 0.507 e. The molecule has 1 rings (SSSR count). The Bertz CT molecular complexity index is 395. The molecule has 0 amide bonds. The van der Waals surface area contributed by atoms with Gasteiger partial charge in [0.2, 0.25) is 0 Å². The maximum Gasteiger partial charge on any atom is 0.180 e. The maximum absolute atomic E-state index is 13.0. The number of aliphatic hydroxyl groups excluding tert-OH is 1. The summed E-state index contributed by atoms with van der Waals surface area (Å²) in [5, 5.41) is 18.3. The first-order valence-electron chi connectivity index (χ1n) is 5.43. The zero-order valence-corrected chi connectivity index (χ0v) is 9.69. The number of halogens is 1. The Kier molecular flexibility index (Phi) is 5.06. The molecule has 0 heterocycles. The van der Waals surface area contributed by atoms with Crippen molar-refractivity contribution in [3.8, 4) is 5.75 Å². The number of ketones is 1. The monoisotopic (exact) mass is 241 g/mol. The fourth-order valence-corrected chi connectivity index (χ4v) is 1.51. The number of nitrogens with zero attached hydrogens (tertiary/aromatic N) is 1. The molecule has 0 bridgehead atoms. The minimum Gasteiger partial charge on any atom is -0.507 e. The Morgan fingerprint density at radius 3 is 2.76 bits per heavy atom. The third-order valence-electron chi connectivity index (χ3n) is 2.49. The number of phenols is 1. The highest BCUT2D eigenvalue weighted by Crippen LogP contribution is 2.18. The number of benzene rings is 1. The van der Waals surface area contributed by atoms with Gasteiger partial charge >= 0.3 is 0 Å². The van der Waals surface area contributed by atoms with Gasteiger partial charge in [-0.15, -0.1) is 0 Å². The van der Waals surface area contributed by atoms with Crippen LogP contribution in [0.2, 0.25) is 0 Å². The Morgan fingerprint density at radius 2 is 2.18 bits per heavy atom. The summed E-state index contributed by atoms with van der Waals surface area (Å²) in [5.74, 6) is -1.15. The average molecular weight is 241 g/mol. The lowest BCUT2D eigenvalue weighted by molar-refractivity contribution is 0.0916. The van der Waals surface area contributed by atoms with E-state index in [0.717, 1.165) is 18.2 Å². The molecular weight excluding hydrogens is 225 g/mol. The molecular formula is C12H16FNO3. The van der Waals surface area contributed by atoms with Crippen LogP contribution in [0.15, 0.2) is 18.2 Å². The van der Waals surface area contributed by atoms with E-state index < -0.39 is 5.82 Å². The topological polar surface area (TPSA) is 60.8 Å². The highest BCUT2D eigenvalue weighted by molar-refractivity contribution is 5.99. The second kappa shape index (κ2) is 6.32. The van der Waals surface area contributed by atoms with Crippen molar-refractivity contribution in [3.05, 3.63) is 29.6 Å². The molecule has 4 nitrogen and oxygen atoms in total. The Labute approximate surface area is 99.3 Å². The number of likely N-dealkylation sites (N-methyl/N-ethyl adjacent to an activating group) is 1. The summed E-state index contributed by atoms with van der Waals surface area (Å²) >= 11 is 0. The van der Waals surface area contributed by atoms with Crippen LogP contribution in [0.5, 0.6) is 5.75 Å². The van der Waals surface area contributed by atoms with Gasteiger partial charge in [0.1, 0.15) is 11.6 Å². The van der Waals surface area contributed by atoms with Gasteiger partial charge in [-0.2, -0.15) is 0 Å². The van der Waals surface area contributed by atoms with Crippen LogP contribution in [0, 0.1) is 5.82 Å². The molecule has 2 N–H and O–H groups in total. The zero-order chi connectivity index (χ0) is 12.8. The van der Waals surface area contributed by atoms with Crippen molar-refractivity contribution in [2.24, 2.45) is 0 Å². The summed E-state index contributed by atoms with van der Waals surface area (Å²) in [7, 11) is 0. The third-order valence-corrected chi connectivity index (χ3v) is 2.49. The molecule has 0 aliphatic heterocycles. The van der Waals surface area contributed by atoms with Crippen LogP contribution in [0.3, 0.4) is 0 Å². The molecule has 0 radical (unpaired) electrons. The van der Waals surface area contributed by atoms with Gasteiger partial charge in [-0.1, -0.05) is 6.92 Å². The van der Waals surface area contributed by atoms with E-state index in [1.165, 1.54) is 0 Å². The number of hydrogen-bond acceptors (Lipinski definition) is 4. The minimum atomic E-state index is -0.559. The zero-order valence-electron chi connectivity index (χ0n) is 9.69. The standard InChI is InChI=1S/C12H16FNO3/c1-2-14(5-6-15)8-12(17)10-7-9(13)3-4-11(10)16/h3-4,7,15-16H,2,5-6,8H2,1H3. The van der Waals surface area contributed by atoms with Gasteiger partial charge in [0.05, 0.1) is 18.7 Å². The fraction of sp³-hybridized carbons (Fsp3) is 0.417. The van der Waals surface area contributed by atoms with Gasteiger partial charge in [0, 0.05) is 6.54 Å². The molecule has 0 atom stereocenters. The maximum atomic E-state index is 13.0. The van der Waals surface area contributed by atoms with Crippen molar-refractivity contribution in [2.75, 3.05) is 26.2 Å². The molecule has 0 aliphatic carbocycles. The van der Waals surface area contributed by atoms with Crippen LogP contribution in [-0.2, 0) is 0 Å². The van der Waals surface area contributed by atoms with E-state index >= 15 is 0 Å². The van der Waals surface area contributed by atoms with E-state index in [9.17, 15) is 14.3 Å². The third kappa shape index (κ3) is 3.80. The number of hydrogen-bond donors (Lipinski definition) is 2. The smallest absolute Gasteiger partial charge is 0.180 e. The number of rotatable bonds is 6. The lowest BCUT2D eigenvalue weighted by Crippen LogP contribution is -2.32. The van der Waals surface area contributed by atoms with Crippen LogP contribution in [0.1, 0.15) is 17.3 Å². The van der Waals surface area contributed by atoms with Gasteiger partial charge in [-0.3, -0.25) is 9.69 Å². The molecule has 0 aliphatic rings. The van der Waals surface area contributed by atoms with Crippen LogP contribution < -0.4 is 0 Å². The molecule has 1 aromatic carbocycles. The second-order valence-electron chi connectivity index (χ2n) is 3.68. The predicted molar refractivity (Wildman–Crippen MR) is 61.6 cm³/mol. The lowest BCUT2D eigenvalue weighted by atomic mass is 10.1. The molecule has 0 spiro atoms.